The van der Waals surface area contributed by atoms with Gasteiger partial charge in [-0.15, -0.1) is 6.58 Å². The highest BCUT2D eigenvalue weighted by atomic mass is 16.5. The van der Waals surface area contributed by atoms with Gasteiger partial charge in [0.05, 0.1) is 6.26 Å². The smallest absolute Gasteiger partial charge is 0.226 e. The van der Waals surface area contributed by atoms with Crippen LogP contribution in [-0.2, 0) is 19.4 Å². The number of rotatable bonds is 8. The first kappa shape index (κ1) is 15.8. The quantitative estimate of drug-likeness (QED) is 0.438. The van der Waals surface area contributed by atoms with E-state index in [1.54, 1.807) is 12.3 Å². The largest absolute Gasteiger partial charge is 0.467 e. The molecule has 2 rings (SSSR count). The number of aliphatic imine (C=N–C) groups is 1. The number of hydrogen-bond donors (Lipinski definition) is 2. The van der Waals surface area contributed by atoms with Gasteiger partial charge >= 0.3 is 0 Å². The molecule has 0 fully saturated rings. The lowest BCUT2D eigenvalue weighted by atomic mass is 10.4. The molecular formula is C15H21N5O2. The van der Waals surface area contributed by atoms with Crippen LogP contribution in [0.3, 0.4) is 0 Å². The normalized spacial score (nSPS) is 11.4. The van der Waals surface area contributed by atoms with E-state index in [0.29, 0.717) is 43.7 Å². The average Bonchev–Trinajstić information content (AvgIpc) is 3.20. The van der Waals surface area contributed by atoms with Gasteiger partial charge in [0.15, 0.2) is 11.8 Å². The van der Waals surface area contributed by atoms with Crippen LogP contribution in [-0.4, -0.2) is 29.2 Å². The molecule has 7 heteroatoms. The predicted molar refractivity (Wildman–Crippen MR) is 83.4 cm³/mol. The minimum Gasteiger partial charge on any atom is -0.467 e. The standard InChI is InChI=1S/C15H21N5O2/c1-3-8-16-15(18-11-12-6-5-10-21-12)17-9-7-13-19-14(4-2)22-20-13/h3,5-6,10H,1,4,7-9,11H2,2H3,(H2,16,17,18). The van der Waals surface area contributed by atoms with Crippen molar-refractivity contribution < 1.29 is 8.94 Å². The van der Waals surface area contributed by atoms with Gasteiger partial charge < -0.3 is 19.6 Å². The van der Waals surface area contributed by atoms with E-state index < -0.39 is 0 Å². The van der Waals surface area contributed by atoms with Gasteiger partial charge in [-0.2, -0.15) is 4.98 Å². The third-order valence-electron chi connectivity index (χ3n) is 2.84. The van der Waals surface area contributed by atoms with Crippen molar-refractivity contribution in [2.24, 2.45) is 4.99 Å². The molecule has 2 aromatic heterocycles. The van der Waals surface area contributed by atoms with Crippen molar-refractivity contribution in [3.05, 3.63) is 48.5 Å². The molecule has 0 amide bonds. The van der Waals surface area contributed by atoms with Crippen LogP contribution in [0.5, 0.6) is 0 Å². The minimum absolute atomic E-state index is 0.474. The van der Waals surface area contributed by atoms with E-state index in [1.165, 1.54) is 0 Å². The van der Waals surface area contributed by atoms with E-state index >= 15 is 0 Å². The van der Waals surface area contributed by atoms with Crippen molar-refractivity contribution >= 4 is 5.96 Å². The van der Waals surface area contributed by atoms with Gasteiger partial charge in [0.25, 0.3) is 0 Å². The van der Waals surface area contributed by atoms with Crippen molar-refractivity contribution in [2.75, 3.05) is 13.1 Å². The Labute approximate surface area is 129 Å². The summed E-state index contributed by atoms with van der Waals surface area (Å²) in [5, 5.41) is 10.3. The molecule has 2 aromatic rings. The molecule has 2 N–H and O–H groups in total. The molecule has 0 spiro atoms. The molecule has 2 heterocycles. The summed E-state index contributed by atoms with van der Waals surface area (Å²) in [5.41, 5.74) is 0. The Kier molecular flexibility index (Phi) is 6.22. The zero-order valence-corrected chi connectivity index (χ0v) is 12.7. The Morgan fingerprint density at radius 3 is 3.05 bits per heavy atom. The number of hydrogen-bond acceptors (Lipinski definition) is 5. The number of guanidine groups is 1. The minimum atomic E-state index is 0.474. The van der Waals surface area contributed by atoms with Gasteiger partial charge in [-0.25, -0.2) is 4.99 Å². The molecule has 0 aliphatic heterocycles. The molecular weight excluding hydrogens is 282 g/mol. The van der Waals surface area contributed by atoms with E-state index in [2.05, 4.69) is 32.3 Å². The van der Waals surface area contributed by atoms with Crippen LogP contribution in [0.1, 0.15) is 24.4 Å². The second-order valence-electron chi connectivity index (χ2n) is 4.55. The third-order valence-corrected chi connectivity index (χ3v) is 2.84. The highest BCUT2D eigenvalue weighted by Crippen LogP contribution is 2.01. The van der Waals surface area contributed by atoms with Crippen LogP contribution in [0, 0.1) is 0 Å². The fourth-order valence-electron chi connectivity index (χ4n) is 1.73. The summed E-state index contributed by atoms with van der Waals surface area (Å²) in [7, 11) is 0. The van der Waals surface area contributed by atoms with Crippen LogP contribution in [0.25, 0.3) is 0 Å². The Bertz CT molecular complexity index is 589. The van der Waals surface area contributed by atoms with Crippen molar-refractivity contribution in [1.29, 1.82) is 0 Å². The Morgan fingerprint density at radius 1 is 1.45 bits per heavy atom. The van der Waals surface area contributed by atoms with E-state index in [-0.39, 0.29) is 0 Å². The summed E-state index contributed by atoms with van der Waals surface area (Å²) in [6, 6.07) is 3.73. The first-order chi connectivity index (χ1) is 10.8. The van der Waals surface area contributed by atoms with E-state index in [9.17, 15) is 0 Å². The van der Waals surface area contributed by atoms with Crippen LogP contribution < -0.4 is 10.6 Å². The lowest BCUT2D eigenvalue weighted by Gasteiger charge is -2.10. The number of nitrogens with one attached hydrogen (secondary N) is 2. The zero-order valence-electron chi connectivity index (χ0n) is 12.7. The van der Waals surface area contributed by atoms with Crippen LogP contribution in [0.4, 0.5) is 0 Å². The molecule has 22 heavy (non-hydrogen) atoms. The maximum atomic E-state index is 5.26. The SMILES string of the molecule is C=CCNC(=NCc1ccco1)NCCc1noc(CC)n1. The van der Waals surface area contributed by atoms with Gasteiger partial charge in [-0.05, 0) is 12.1 Å². The first-order valence-electron chi connectivity index (χ1n) is 7.28. The van der Waals surface area contributed by atoms with Gasteiger partial charge in [0, 0.05) is 25.9 Å². The van der Waals surface area contributed by atoms with Gasteiger partial charge in [-0.3, -0.25) is 0 Å². The maximum absolute atomic E-state index is 5.26. The molecule has 0 aliphatic carbocycles. The Hall–Kier alpha value is -2.57. The topological polar surface area (TPSA) is 88.5 Å². The third kappa shape index (κ3) is 5.08. The monoisotopic (exact) mass is 303 g/mol. The fourth-order valence-corrected chi connectivity index (χ4v) is 1.73. The van der Waals surface area contributed by atoms with E-state index in [0.717, 1.165) is 12.2 Å². The predicted octanol–water partition coefficient (Wildman–Crippen LogP) is 1.69. The fraction of sp³-hybridized carbons (Fsp3) is 0.400. The van der Waals surface area contributed by atoms with Crippen molar-refractivity contribution in [3.8, 4) is 0 Å². The zero-order chi connectivity index (χ0) is 15.6. The highest BCUT2D eigenvalue weighted by molar-refractivity contribution is 5.79. The van der Waals surface area contributed by atoms with E-state index in [1.807, 2.05) is 19.1 Å². The average molecular weight is 303 g/mol. The van der Waals surface area contributed by atoms with Crippen molar-refractivity contribution in [1.82, 2.24) is 20.8 Å². The van der Waals surface area contributed by atoms with Gasteiger partial charge in [0.2, 0.25) is 5.89 Å². The molecule has 118 valence electrons. The van der Waals surface area contributed by atoms with Crippen LogP contribution >= 0.6 is 0 Å². The second kappa shape index (κ2) is 8.66. The number of aryl methyl sites for hydroxylation is 1. The molecule has 0 atom stereocenters. The molecule has 0 bridgehead atoms. The first-order valence-corrected chi connectivity index (χ1v) is 7.28. The summed E-state index contributed by atoms with van der Waals surface area (Å²) in [6.45, 7) is 7.43. The lowest BCUT2D eigenvalue weighted by molar-refractivity contribution is 0.376. The molecule has 0 saturated carbocycles. The summed E-state index contributed by atoms with van der Waals surface area (Å²) in [4.78, 5) is 8.71. The summed E-state index contributed by atoms with van der Waals surface area (Å²) in [6.07, 6.45) is 4.82. The van der Waals surface area contributed by atoms with Crippen LogP contribution in [0.2, 0.25) is 0 Å². The Balaban J connectivity index is 1.83. The molecule has 0 saturated heterocycles. The number of aromatic nitrogens is 2. The van der Waals surface area contributed by atoms with E-state index in [4.69, 9.17) is 8.94 Å². The summed E-state index contributed by atoms with van der Waals surface area (Å²) < 4.78 is 10.3. The second-order valence-corrected chi connectivity index (χ2v) is 4.55. The van der Waals surface area contributed by atoms with Crippen molar-refractivity contribution in [3.63, 3.8) is 0 Å². The lowest BCUT2D eigenvalue weighted by Crippen LogP contribution is -2.38. The highest BCUT2D eigenvalue weighted by Gasteiger charge is 2.05. The van der Waals surface area contributed by atoms with Gasteiger partial charge in [-0.1, -0.05) is 18.2 Å². The van der Waals surface area contributed by atoms with Gasteiger partial charge in [0.1, 0.15) is 12.3 Å². The molecule has 0 unspecified atom stereocenters. The molecule has 0 aromatic carbocycles. The number of furan rings is 1. The van der Waals surface area contributed by atoms with Crippen LogP contribution in [0.15, 0.2) is 45.0 Å². The number of nitrogens with zero attached hydrogens (tertiary/aromatic N) is 3. The maximum Gasteiger partial charge on any atom is 0.226 e. The molecule has 0 radical (unpaired) electrons. The summed E-state index contributed by atoms with van der Waals surface area (Å²) >= 11 is 0. The molecule has 0 aliphatic rings. The Morgan fingerprint density at radius 2 is 2.36 bits per heavy atom. The summed E-state index contributed by atoms with van der Waals surface area (Å²) in [5.74, 6) is 2.85. The van der Waals surface area contributed by atoms with Crippen molar-refractivity contribution in [2.45, 2.75) is 26.3 Å². The molecule has 7 nitrogen and oxygen atoms in total.